The van der Waals surface area contributed by atoms with Gasteiger partial charge in [0.05, 0.1) is 5.69 Å². The maximum Gasteiger partial charge on any atom is 0.303 e. The zero-order chi connectivity index (χ0) is 17.7. The molecule has 0 saturated carbocycles. The summed E-state index contributed by atoms with van der Waals surface area (Å²) in [6.45, 7) is 0.901. The number of nitrogens with zero attached hydrogens (tertiary/aromatic N) is 2. The molecule has 0 fully saturated rings. The molecular weight excluding hydrogens is 314 g/mol. The van der Waals surface area contributed by atoms with Gasteiger partial charge in [0, 0.05) is 18.5 Å². The highest BCUT2D eigenvalue weighted by atomic mass is 16.4. The Balaban J connectivity index is 1.53. The molecule has 0 saturated heterocycles. The Morgan fingerprint density at radius 1 is 0.840 bits per heavy atom. The van der Waals surface area contributed by atoms with Gasteiger partial charge in [-0.2, -0.15) is 0 Å². The van der Waals surface area contributed by atoms with Crippen LogP contribution in [0.1, 0.15) is 51.4 Å². The molecule has 1 aromatic carbocycles. The SMILES string of the molecule is O=C(O)CCCCCCCCCNc1ccc(-c2ccccc2)nn1. The van der Waals surface area contributed by atoms with E-state index in [0.29, 0.717) is 6.42 Å². The molecule has 0 aliphatic rings. The van der Waals surface area contributed by atoms with Gasteiger partial charge in [0.2, 0.25) is 0 Å². The lowest BCUT2D eigenvalue weighted by molar-refractivity contribution is -0.137. The third-order valence-corrected chi connectivity index (χ3v) is 4.11. The molecule has 0 aliphatic carbocycles. The van der Waals surface area contributed by atoms with Crippen LogP contribution in [0.5, 0.6) is 0 Å². The van der Waals surface area contributed by atoms with Crippen molar-refractivity contribution in [2.45, 2.75) is 51.4 Å². The van der Waals surface area contributed by atoms with Crippen molar-refractivity contribution in [3.05, 3.63) is 42.5 Å². The van der Waals surface area contributed by atoms with Gasteiger partial charge >= 0.3 is 5.97 Å². The third-order valence-electron chi connectivity index (χ3n) is 4.11. The molecule has 2 aromatic rings. The fourth-order valence-electron chi connectivity index (χ4n) is 2.69. The van der Waals surface area contributed by atoms with Crippen LogP contribution in [0.25, 0.3) is 11.3 Å². The number of carboxylic acids is 1. The highest BCUT2D eigenvalue weighted by Gasteiger charge is 2.00. The smallest absolute Gasteiger partial charge is 0.303 e. The number of carbonyl (C=O) groups is 1. The average molecular weight is 341 g/mol. The van der Waals surface area contributed by atoms with Crippen LogP contribution < -0.4 is 5.32 Å². The normalized spacial score (nSPS) is 10.6. The van der Waals surface area contributed by atoms with Crippen LogP contribution in [0.3, 0.4) is 0 Å². The van der Waals surface area contributed by atoms with Crippen LogP contribution in [-0.4, -0.2) is 27.8 Å². The van der Waals surface area contributed by atoms with E-state index in [1.165, 1.54) is 19.3 Å². The van der Waals surface area contributed by atoms with Crippen molar-refractivity contribution in [3.8, 4) is 11.3 Å². The van der Waals surface area contributed by atoms with Gasteiger partial charge < -0.3 is 10.4 Å². The lowest BCUT2D eigenvalue weighted by Crippen LogP contribution is -2.04. The van der Waals surface area contributed by atoms with Crippen LogP contribution in [0.2, 0.25) is 0 Å². The number of nitrogens with one attached hydrogen (secondary N) is 1. The number of anilines is 1. The fraction of sp³-hybridized carbons (Fsp3) is 0.450. The van der Waals surface area contributed by atoms with E-state index in [1.807, 2.05) is 42.5 Å². The Kier molecular flexibility index (Phi) is 8.45. The van der Waals surface area contributed by atoms with E-state index in [1.54, 1.807) is 0 Å². The molecule has 5 heteroatoms. The number of unbranched alkanes of at least 4 members (excludes halogenated alkanes) is 6. The highest BCUT2D eigenvalue weighted by molar-refractivity contribution is 5.66. The van der Waals surface area contributed by atoms with Gasteiger partial charge in [-0.25, -0.2) is 0 Å². The van der Waals surface area contributed by atoms with Crippen molar-refractivity contribution >= 4 is 11.8 Å². The number of carboxylic acid groups (broad SMARTS) is 1. The second kappa shape index (κ2) is 11.2. The third kappa shape index (κ3) is 7.79. The summed E-state index contributed by atoms with van der Waals surface area (Å²) in [6.07, 6.45) is 7.93. The molecule has 5 nitrogen and oxygen atoms in total. The van der Waals surface area contributed by atoms with Crippen molar-refractivity contribution in [2.75, 3.05) is 11.9 Å². The summed E-state index contributed by atoms with van der Waals surface area (Å²) in [5.41, 5.74) is 1.96. The molecule has 134 valence electrons. The zero-order valence-corrected chi connectivity index (χ0v) is 14.7. The Morgan fingerprint density at radius 3 is 2.16 bits per heavy atom. The molecule has 0 atom stereocenters. The molecule has 25 heavy (non-hydrogen) atoms. The van der Waals surface area contributed by atoms with Crippen molar-refractivity contribution in [2.24, 2.45) is 0 Å². The number of aromatic nitrogens is 2. The van der Waals surface area contributed by atoms with E-state index >= 15 is 0 Å². The van der Waals surface area contributed by atoms with Crippen molar-refractivity contribution in [3.63, 3.8) is 0 Å². The van der Waals surface area contributed by atoms with Gasteiger partial charge in [0.15, 0.2) is 0 Å². The van der Waals surface area contributed by atoms with E-state index in [0.717, 1.165) is 49.3 Å². The fourth-order valence-corrected chi connectivity index (χ4v) is 2.69. The minimum absolute atomic E-state index is 0.300. The lowest BCUT2D eigenvalue weighted by Gasteiger charge is -2.06. The molecule has 2 rings (SSSR count). The van der Waals surface area contributed by atoms with E-state index < -0.39 is 5.97 Å². The van der Waals surface area contributed by atoms with E-state index in [-0.39, 0.29) is 0 Å². The molecule has 0 unspecified atom stereocenters. The molecule has 1 aromatic heterocycles. The quantitative estimate of drug-likeness (QED) is 0.544. The second-order valence-corrected chi connectivity index (χ2v) is 6.22. The summed E-state index contributed by atoms with van der Waals surface area (Å²) in [4.78, 5) is 10.4. The van der Waals surface area contributed by atoms with Crippen LogP contribution in [-0.2, 0) is 4.79 Å². The molecule has 0 radical (unpaired) electrons. The molecule has 1 heterocycles. The first kappa shape index (κ1) is 18.9. The predicted octanol–water partition coefficient (Wildman–Crippen LogP) is 4.76. The standard InChI is InChI=1S/C20H27N3O2/c24-20(25)13-9-4-2-1-3-5-10-16-21-19-15-14-18(22-23-19)17-11-7-6-8-12-17/h6-8,11-12,14-15H,1-5,9-10,13,16H2,(H,21,23)(H,24,25). The van der Waals surface area contributed by atoms with Gasteiger partial charge in [-0.3, -0.25) is 4.79 Å². The Bertz CT molecular complexity index is 615. The average Bonchev–Trinajstić information content (AvgIpc) is 2.64. The molecule has 2 N–H and O–H groups in total. The van der Waals surface area contributed by atoms with Gasteiger partial charge in [-0.15, -0.1) is 10.2 Å². The molecule has 0 spiro atoms. The van der Waals surface area contributed by atoms with Crippen LogP contribution >= 0.6 is 0 Å². The van der Waals surface area contributed by atoms with Crippen molar-refractivity contribution < 1.29 is 9.90 Å². The number of aliphatic carboxylic acids is 1. The first-order valence-electron chi connectivity index (χ1n) is 9.10. The van der Waals surface area contributed by atoms with E-state index in [2.05, 4.69) is 15.5 Å². The summed E-state index contributed by atoms with van der Waals surface area (Å²) in [6, 6.07) is 14.0. The minimum Gasteiger partial charge on any atom is -0.481 e. The molecule has 0 amide bonds. The number of benzene rings is 1. The lowest BCUT2D eigenvalue weighted by atomic mass is 10.1. The highest BCUT2D eigenvalue weighted by Crippen LogP contribution is 2.16. The largest absolute Gasteiger partial charge is 0.481 e. The number of hydrogen-bond donors (Lipinski definition) is 2. The Morgan fingerprint density at radius 2 is 1.52 bits per heavy atom. The maximum atomic E-state index is 10.4. The van der Waals surface area contributed by atoms with Crippen LogP contribution in [0, 0.1) is 0 Å². The first-order chi connectivity index (χ1) is 12.3. The van der Waals surface area contributed by atoms with Gasteiger partial charge in [-0.1, -0.05) is 62.4 Å². The Labute approximate surface area is 149 Å². The predicted molar refractivity (Wildman–Crippen MR) is 101 cm³/mol. The number of hydrogen-bond acceptors (Lipinski definition) is 4. The molecule has 0 aliphatic heterocycles. The monoisotopic (exact) mass is 341 g/mol. The summed E-state index contributed by atoms with van der Waals surface area (Å²) >= 11 is 0. The van der Waals surface area contributed by atoms with Crippen LogP contribution in [0.15, 0.2) is 42.5 Å². The minimum atomic E-state index is -0.689. The van der Waals surface area contributed by atoms with Crippen molar-refractivity contribution in [1.29, 1.82) is 0 Å². The summed E-state index contributed by atoms with van der Waals surface area (Å²) in [7, 11) is 0. The summed E-state index contributed by atoms with van der Waals surface area (Å²) in [5, 5.41) is 20.4. The number of rotatable bonds is 12. The van der Waals surface area contributed by atoms with E-state index in [9.17, 15) is 4.79 Å². The topological polar surface area (TPSA) is 75.1 Å². The van der Waals surface area contributed by atoms with Gasteiger partial charge in [0.1, 0.15) is 5.82 Å². The molecular formula is C20H27N3O2. The summed E-state index contributed by atoms with van der Waals surface area (Å²) < 4.78 is 0. The summed E-state index contributed by atoms with van der Waals surface area (Å²) in [5.74, 6) is 0.124. The maximum absolute atomic E-state index is 10.4. The van der Waals surface area contributed by atoms with Crippen molar-refractivity contribution in [1.82, 2.24) is 10.2 Å². The van der Waals surface area contributed by atoms with E-state index in [4.69, 9.17) is 5.11 Å². The van der Waals surface area contributed by atoms with Gasteiger partial charge in [0.25, 0.3) is 0 Å². The zero-order valence-electron chi connectivity index (χ0n) is 14.7. The van der Waals surface area contributed by atoms with Crippen LogP contribution in [0.4, 0.5) is 5.82 Å². The molecule has 0 bridgehead atoms. The van der Waals surface area contributed by atoms with Gasteiger partial charge in [-0.05, 0) is 25.0 Å². The first-order valence-corrected chi connectivity index (χ1v) is 9.10. The Hall–Kier alpha value is -2.43. The second-order valence-electron chi connectivity index (χ2n) is 6.22.